The van der Waals surface area contributed by atoms with Gasteiger partial charge in [-0.15, -0.1) is 0 Å². The molecule has 0 spiro atoms. The van der Waals surface area contributed by atoms with Crippen LogP contribution >= 0.6 is 11.6 Å². The van der Waals surface area contributed by atoms with Crippen LogP contribution in [0.25, 0.3) is 0 Å². The van der Waals surface area contributed by atoms with E-state index in [0.29, 0.717) is 17.0 Å². The van der Waals surface area contributed by atoms with E-state index in [1.807, 2.05) is 0 Å². The molecule has 22 heavy (non-hydrogen) atoms. The molecule has 0 saturated carbocycles. The third-order valence-corrected chi connectivity index (χ3v) is 3.14. The number of carbonyl (C=O) groups excluding carboxylic acids is 1. The number of aliphatic hydroxyl groups is 2. The van der Waals surface area contributed by atoms with Crippen LogP contribution < -0.4 is 10.1 Å². The zero-order chi connectivity index (χ0) is 15.9. The van der Waals surface area contributed by atoms with E-state index < -0.39 is 18.1 Å². The molecule has 0 aliphatic rings. The Hall–Kier alpha value is -2.08. The quantitative estimate of drug-likeness (QED) is 0.713. The van der Waals surface area contributed by atoms with E-state index in [1.54, 1.807) is 54.6 Å². The highest BCUT2D eigenvalue weighted by Gasteiger charge is 2.25. The predicted octanol–water partition coefficient (Wildman–Crippen LogP) is 2.29. The standard InChI is InChI=1S/C16H16ClNO4/c17-10-22-13-8-4-7-12(9-13)18-16(21)15(20)14(19)11-5-2-1-3-6-11/h1-9,14-15,19-20H,10H2,(H,18,21). The van der Waals surface area contributed by atoms with Gasteiger partial charge in [-0.05, 0) is 17.7 Å². The first-order chi connectivity index (χ1) is 10.6. The van der Waals surface area contributed by atoms with Gasteiger partial charge in [0.05, 0.1) is 0 Å². The summed E-state index contributed by atoms with van der Waals surface area (Å²) in [4.78, 5) is 12.0. The molecule has 0 bridgehead atoms. The van der Waals surface area contributed by atoms with Gasteiger partial charge >= 0.3 is 0 Å². The van der Waals surface area contributed by atoms with Crippen molar-refractivity contribution in [3.8, 4) is 5.75 Å². The monoisotopic (exact) mass is 321 g/mol. The van der Waals surface area contributed by atoms with Crippen molar-refractivity contribution in [2.45, 2.75) is 12.2 Å². The minimum absolute atomic E-state index is 0.00720. The highest BCUT2D eigenvalue weighted by atomic mass is 35.5. The number of amides is 1. The summed E-state index contributed by atoms with van der Waals surface area (Å²) < 4.78 is 5.11. The predicted molar refractivity (Wildman–Crippen MR) is 83.8 cm³/mol. The average Bonchev–Trinajstić information content (AvgIpc) is 2.55. The highest BCUT2D eigenvalue weighted by molar-refractivity contribution is 6.17. The van der Waals surface area contributed by atoms with Crippen LogP contribution in [0, 0.1) is 0 Å². The van der Waals surface area contributed by atoms with Crippen LogP contribution in [0.5, 0.6) is 5.75 Å². The maximum absolute atomic E-state index is 12.0. The van der Waals surface area contributed by atoms with Gasteiger partial charge in [-0.25, -0.2) is 0 Å². The van der Waals surface area contributed by atoms with Crippen molar-refractivity contribution in [3.63, 3.8) is 0 Å². The molecule has 2 unspecified atom stereocenters. The van der Waals surface area contributed by atoms with Gasteiger partial charge in [-0.1, -0.05) is 48.0 Å². The Kier molecular flexibility index (Phi) is 5.77. The third kappa shape index (κ3) is 4.21. The molecule has 0 radical (unpaired) electrons. The molecule has 0 saturated heterocycles. The number of alkyl halides is 1. The summed E-state index contributed by atoms with van der Waals surface area (Å²) >= 11 is 5.47. The van der Waals surface area contributed by atoms with Crippen LogP contribution in [-0.4, -0.2) is 28.3 Å². The Balaban J connectivity index is 2.03. The van der Waals surface area contributed by atoms with Gasteiger partial charge in [0.25, 0.3) is 5.91 Å². The molecule has 6 heteroatoms. The Bertz CT molecular complexity index is 621. The first-order valence-electron chi connectivity index (χ1n) is 6.62. The van der Waals surface area contributed by atoms with Gasteiger partial charge in [0.1, 0.15) is 11.9 Å². The number of hydrogen-bond donors (Lipinski definition) is 3. The molecule has 0 aromatic heterocycles. The maximum atomic E-state index is 12.0. The number of carbonyl (C=O) groups is 1. The van der Waals surface area contributed by atoms with Crippen molar-refractivity contribution in [1.29, 1.82) is 0 Å². The SMILES string of the molecule is O=C(Nc1cccc(OCCl)c1)C(O)C(O)c1ccccc1. The summed E-state index contributed by atoms with van der Waals surface area (Å²) in [6.45, 7) is 0. The largest absolute Gasteiger partial charge is 0.478 e. The topological polar surface area (TPSA) is 78.8 Å². The van der Waals surface area contributed by atoms with Gasteiger partial charge in [0, 0.05) is 11.8 Å². The normalized spacial score (nSPS) is 13.2. The van der Waals surface area contributed by atoms with Crippen LogP contribution in [0.2, 0.25) is 0 Å². The molecule has 0 heterocycles. The fraction of sp³-hybridized carbons (Fsp3) is 0.188. The summed E-state index contributed by atoms with van der Waals surface area (Å²) in [5, 5.41) is 22.5. The number of halogens is 1. The summed E-state index contributed by atoms with van der Waals surface area (Å²) in [7, 11) is 0. The Morgan fingerprint density at radius 3 is 2.55 bits per heavy atom. The van der Waals surface area contributed by atoms with Gasteiger partial charge in [-0.3, -0.25) is 4.79 Å². The number of benzene rings is 2. The molecule has 0 aliphatic carbocycles. The fourth-order valence-electron chi connectivity index (χ4n) is 1.92. The third-order valence-electron chi connectivity index (χ3n) is 3.03. The molecule has 3 N–H and O–H groups in total. The second kappa shape index (κ2) is 7.79. The van der Waals surface area contributed by atoms with Crippen molar-refractivity contribution in [1.82, 2.24) is 0 Å². The maximum Gasteiger partial charge on any atom is 0.256 e. The van der Waals surface area contributed by atoms with Crippen molar-refractivity contribution in [2.75, 3.05) is 11.4 Å². The summed E-state index contributed by atoms with van der Waals surface area (Å²) in [5.41, 5.74) is 0.899. The summed E-state index contributed by atoms with van der Waals surface area (Å²) in [5.74, 6) is -0.217. The number of nitrogens with one attached hydrogen (secondary N) is 1. The van der Waals surface area contributed by atoms with E-state index in [-0.39, 0.29) is 6.07 Å². The smallest absolute Gasteiger partial charge is 0.256 e. The average molecular weight is 322 g/mol. The lowest BCUT2D eigenvalue weighted by Gasteiger charge is -2.18. The van der Waals surface area contributed by atoms with Crippen LogP contribution in [0.15, 0.2) is 54.6 Å². The zero-order valence-corrected chi connectivity index (χ0v) is 12.4. The zero-order valence-electron chi connectivity index (χ0n) is 11.6. The number of hydrogen-bond acceptors (Lipinski definition) is 4. The van der Waals surface area contributed by atoms with E-state index in [0.717, 1.165) is 0 Å². The first kappa shape index (κ1) is 16.3. The molecule has 1 amide bonds. The Morgan fingerprint density at radius 1 is 1.14 bits per heavy atom. The van der Waals surface area contributed by atoms with Crippen molar-refractivity contribution >= 4 is 23.2 Å². The molecular weight excluding hydrogens is 306 g/mol. The summed E-state index contributed by atoms with van der Waals surface area (Å²) in [6.07, 6.45) is -2.89. The molecule has 0 fully saturated rings. The molecule has 2 atom stereocenters. The van der Waals surface area contributed by atoms with Crippen LogP contribution in [0.3, 0.4) is 0 Å². The lowest BCUT2D eigenvalue weighted by Crippen LogP contribution is -2.33. The van der Waals surface area contributed by atoms with Crippen LogP contribution in [0.1, 0.15) is 11.7 Å². The minimum Gasteiger partial charge on any atom is -0.478 e. The highest BCUT2D eigenvalue weighted by Crippen LogP contribution is 2.20. The van der Waals surface area contributed by atoms with Gasteiger partial charge in [-0.2, -0.15) is 0 Å². The molecule has 116 valence electrons. The van der Waals surface area contributed by atoms with Crippen molar-refractivity contribution in [2.24, 2.45) is 0 Å². The van der Waals surface area contributed by atoms with E-state index in [1.165, 1.54) is 0 Å². The van der Waals surface area contributed by atoms with E-state index in [2.05, 4.69) is 5.32 Å². The minimum atomic E-state index is -1.58. The van der Waals surface area contributed by atoms with Crippen LogP contribution in [0.4, 0.5) is 5.69 Å². The van der Waals surface area contributed by atoms with Gasteiger partial charge < -0.3 is 20.3 Å². The van der Waals surface area contributed by atoms with Crippen molar-refractivity contribution in [3.05, 3.63) is 60.2 Å². The van der Waals surface area contributed by atoms with Gasteiger partial charge in [0.2, 0.25) is 0 Å². The number of anilines is 1. The van der Waals surface area contributed by atoms with Gasteiger partial charge in [0.15, 0.2) is 12.2 Å². The Labute approximate surface area is 133 Å². The second-order valence-corrected chi connectivity index (χ2v) is 4.79. The summed E-state index contributed by atoms with van der Waals surface area (Å²) in [6, 6.07) is 15.1. The number of rotatable bonds is 6. The van der Waals surface area contributed by atoms with Crippen molar-refractivity contribution < 1.29 is 19.7 Å². The van der Waals surface area contributed by atoms with E-state index in [4.69, 9.17) is 16.3 Å². The molecular formula is C16H16ClNO4. The fourth-order valence-corrected chi connectivity index (χ4v) is 2.04. The number of ether oxygens (including phenoxy) is 1. The molecule has 2 aromatic rings. The first-order valence-corrected chi connectivity index (χ1v) is 7.16. The Morgan fingerprint density at radius 2 is 1.86 bits per heavy atom. The van der Waals surface area contributed by atoms with E-state index in [9.17, 15) is 15.0 Å². The molecule has 2 rings (SSSR count). The second-order valence-electron chi connectivity index (χ2n) is 4.57. The van der Waals surface area contributed by atoms with E-state index >= 15 is 0 Å². The molecule has 5 nitrogen and oxygen atoms in total. The lowest BCUT2D eigenvalue weighted by atomic mass is 10.0. The molecule has 2 aromatic carbocycles. The number of aliphatic hydroxyl groups excluding tert-OH is 2. The van der Waals surface area contributed by atoms with Crippen LogP contribution in [-0.2, 0) is 4.79 Å². The lowest BCUT2D eigenvalue weighted by molar-refractivity contribution is -0.129. The molecule has 0 aliphatic heterocycles.